The number of hydrazone groups is 1. The summed E-state index contributed by atoms with van der Waals surface area (Å²) in [6.45, 7) is 0. The van der Waals surface area contributed by atoms with Crippen molar-refractivity contribution in [2.75, 3.05) is 19.9 Å². The molecule has 1 heterocycles. The van der Waals surface area contributed by atoms with Crippen molar-refractivity contribution in [3.63, 3.8) is 0 Å². The molecular formula is C11H13N3OS. The Labute approximate surface area is 98.8 Å². The van der Waals surface area contributed by atoms with Crippen molar-refractivity contribution in [1.82, 2.24) is 5.43 Å². The molecule has 5 heteroatoms. The van der Waals surface area contributed by atoms with Gasteiger partial charge in [-0.05, 0) is 12.1 Å². The molecule has 0 unspecified atom stereocenters. The molecule has 0 spiro atoms. The van der Waals surface area contributed by atoms with E-state index in [-0.39, 0.29) is 0 Å². The van der Waals surface area contributed by atoms with Gasteiger partial charge < -0.3 is 4.74 Å². The second kappa shape index (κ2) is 5.03. The highest BCUT2D eigenvalue weighted by Crippen LogP contribution is 2.21. The summed E-state index contributed by atoms with van der Waals surface area (Å²) < 4.78 is 5.30. The lowest BCUT2D eigenvalue weighted by atomic mass is 10.1. The van der Waals surface area contributed by atoms with Crippen molar-refractivity contribution in [3.8, 4) is 5.75 Å². The van der Waals surface area contributed by atoms with Crippen molar-refractivity contribution in [3.05, 3.63) is 29.8 Å². The third-order valence-corrected chi connectivity index (χ3v) is 3.22. The minimum atomic E-state index is 0.806. The molecule has 4 nitrogen and oxygen atoms in total. The van der Waals surface area contributed by atoms with Gasteiger partial charge in [0.05, 0.1) is 12.8 Å². The second-order valence-corrected chi connectivity index (χ2v) is 4.15. The monoisotopic (exact) mass is 235 g/mol. The van der Waals surface area contributed by atoms with Gasteiger partial charge in [-0.25, -0.2) is 0 Å². The van der Waals surface area contributed by atoms with Crippen LogP contribution in [-0.4, -0.2) is 30.8 Å². The lowest BCUT2D eigenvalue weighted by Crippen LogP contribution is -2.25. The minimum absolute atomic E-state index is 0.806. The van der Waals surface area contributed by atoms with Gasteiger partial charge in [-0.15, -0.1) is 0 Å². The van der Waals surface area contributed by atoms with Crippen LogP contribution >= 0.6 is 11.8 Å². The highest BCUT2D eigenvalue weighted by molar-refractivity contribution is 8.14. The summed E-state index contributed by atoms with van der Waals surface area (Å²) in [4.78, 5) is 4.05. The van der Waals surface area contributed by atoms with Crippen molar-refractivity contribution < 1.29 is 4.74 Å². The van der Waals surface area contributed by atoms with E-state index in [9.17, 15) is 0 Å². The summed E-state index contributed by atoms with van der Waals surface area (Å²) in [6.07, 6.45) is 0. The molecule has 0 atom stereocenters. The molecule has 1 N–H and O–H groups in total. The first-order valence-corrected chi connectivity index (χ1v) is 5.89. The van der Waals surface area contributed by atoms with Gasteiger partial charge in [0.15, 0.2) is 5.17 Å². The Morgan fingerprint density at radius 2 is 2.25 bits per heavy atom. The molecule has 84 valence electrons. The molecule has 0 saturated heterocycles. The number of hydrogen-bond donors (Lipinski definition) is 1. The Hall–Kier alpha value is -1.49. The zero-order valence-corrected chi connectivity index (χ0v) is 10.0. The molecule has 0 aliphatic carbocycles. The van der Waals surface area contributed by atoms with Crippen molar-refractivity contribution in [2.45, 2.75) is 0 Å². The van der Waals surface area contributed by atoms with Crippen LogP contribution in [0.3, 0.4) is 0 Å². The Morgan fingerprint density at radius 1 is 1.44 bits per heavy atom. The van der Waals surface area contributed by atoms with Crippen LogP contribution in [0.5, 0.6) is 5.75 Å². The van der Waals surface area contributed by atoms with E-state index >= 15 is 0 Å². The number of thioether (sulfide) groups is 1. The fourth-order valence-corrected chi connectivity index (χ4v) is 2.18. The lowest BCUT2D eigenvalue weighted by Gasteiger charge is -2.16. The van der Waals surface area contributed by atoms with Gasteiger partial charge in [-0.3, -0.25) is 10.4 Å². The molecule has 0 fully saturated rings. The van der Waals surface area contributed by atoms with E-state index in [1.165, 1.54) is 0 Å². The topological polar surface area (TPSA) is 46.0 Å². The first-order chi connectivity index (χ1) is 7.85. The normalized spacial score (nSPS) is 17.9. The summed E-state index contributed by atoms with van der Waals surface area (Å²) in [7, 11) is 3.42. The van der Waals surface area contributed by atoms with Crippen molar-refractivity contribution in [2.24, 2.45) is 10.1 Å². The average molecular weight is 235 g/mol. The van der Waals surface area contributed by atoms with Crippen molar-refractivity contribution in [1.29, 1.82) is 0 Å². The Morgan fingerprint density at radius 3 is 2.88 bits per heavy atom. The predicted molar refractivity (Wildman–Crippen MR) is 68.5 cm³/mol. The number of aliphatic imine (C=N–C) groups is 1. The van der Waals surface area contributed by atoms with Crippen LogP contribution in [0.1, 0.15) is 5.56 Å². The van der Waals surface area contributed by atoms with Crippen LogP contribution in [0, 0.1) is 0 Å². The quantitative estimate of drug-likeness (QED) is 0.849. The third kappa shape index (κ3) is 2.19. The Bertz CT molecular complexity index is 443. The number of methoxy groups -OCH3 is 1. The van der Waals surface area contributed by atoms with E-state index < -0.39 is 0 Å². The van der Waals surface area contributed by atoms with Gasteiger partial charge in [-0.2, -0.15) is 5.10 Å². The Balaban J connectivity index is 2.28. The third-order valence-electron chi connectivity index (χ3n) is 2.25. The van der Waals surface area contributed by atoms with Gasteiger partial charge in [0, 0.05) is 18.4 Å². The van der Waals surface area contributed by atoms with Crippen LogP contribution in [0.2, 0.25) is 0 Å². The maximum Gasteiger partial charge on any atom is 0.177 e. The van der Waals surface area contributed by atoms with E-state index in [4.69, 9.17) is 4.74 Å². The second-order valence-electron chi connectivity index (χ2n) is 3.19. The number of para-hydroxylation sites is 1. The first-order valence-electron chi connectivity index (χ1n) is 4.90. The van der Waals surface area contributed by atoms with Crippen molar-refractivity contribution >= 4 is 22.6 Å². The fourth-order valence-electron chi connectivity index (χ4n) is 1.45. The summed E-state index contributed by atoms with van der Waals surface area (Å²) >= 11 is 1.64. The SMILES string of the molecule is CN=C1NN=C(c2ccccc2OC)CS1. The number of rotatable bonds is 2. The molecule has 0 bridgehead atoms. The molecular weight excluding hydrogens is 222 g/mol. The molecule has 1 aliphatic rings. The smallest absolute Gasteiger partial charge is 0.177 e. The summed E-state index contributed by atoms with van der Waals surface area (Å²) in [5.41, 5.74) is 4.92. The molecule has 0 amide bonds. The number of amidine groups is 1. The highest BCUT2D eigenvalue weighted by Gasteiger charge is 2.15. The molecule has 1 aromatic rings. The van der Waals surface area contributed by atoms with Crippen LogP contribution in [-0.2, 0) is 0 Å². The van der Waals surface area contributed by atoms with Crippen LogP contribution in [0.4, 0.5) is 0 Å². The summed E-state index contributed by atoms with van der Waals surface area (Å²) in [5, 5.41) is 5.14. The zero-order chi connectivity index (χ0) is 11.4. The van der Waals surface area contributed by atoms with E-state index in [1.807, 2.05) is 24.3 Å². The van der Waals surface area contributed by atoms with Crippen LogP contribution in [0.25, 0.3) is 0 Å². The molecule has 1 aliphatic heterocycles. The Kier molecular flexibility index (Phi) is 3.46. The lowest BCUT2D eigenvalue weighted by molar-refractivity contribution is 0.414. The summed E-state index contributed by atoms with van der Waals surface area (Å²) in [6, 6.07) is 7.87. The van der Waals surface area contributed by atoms with E-state index in [2.05, 4.69) is 15.5 Å². The molecule has 0 saturated carbocycles. The minimum Gasteiger partial charge on any atom is -0.496 e. The molecule has 0 aromatic heterocycles. The zero-order valence-electron chi connectivity index (χ0n) is 9.23. The largest absolute Gasteiger partial charge is 0.496 e. The van der Waals surface area contributed by atoms with Gasteiger partial charge in [0.1, 0.15) is 5.75 Å². The maximum atomic E-state index is 5.30. The van der Waals surface area contributed by atoms with E-state index in [1.54, 1.807) is 25.9 Å². The molecule has 0 radical (unpaired) electrons. The van der Waals surface area contributed by atoms with Gasteiger partial charge >= 0.3 is 0 Å². The number of nitrogens with zero attached hydrogens (tertiary/aromatic N) is 2. The maximum absolute atomic E-state index is 5.30. The van der Waals surface area contributed by atoms with Gasteiger partial charge in [0.2, 0.25) is 0 Å². The molecule has 2 rings (SSSR count). The van der Waals surface area contributed by atoms with E-state index in [0.29, 0.717) is 0 Å². The standard InChI is InChI=1S/C11H13N3OS/c1-12-11-14-13-9(7-16-11)8-5-3-4-6-10(8)15-2/h3-6H,7H2,1-2H3,(H,12,14). The molecule has 16 heavy (non-hydrogen) atoms. The van der Waals surface area contributed by atoms with Gasteiger partial charge in [-0.1, -0.05) is 23.9 Å². The molecule has 1 aromatic carbocycles. The highest BCUT2D eigenvalue weighted by atomic mass is 32.2. The number of benzene rings is 1. The fraction of sp³-hybridized carbons (Fsp3) is 0.273. The summed E-state index contributed by atoms with van der Waals surface area (Å²) in [5.74, 6) is 1.65. The number of hydrogen-bond acceptors (Lipinski definition) is 4. The van der Waals surface area contributed by atoms with Crippen LogP contribution in [0.15, 0.2) is 34.4 Å². The van der Waals surface area contributed by atoms with Crippen LogP contribution < -0.4 is 10.2 Å². The average Bonchev–Trinajstić information content (AvgIpc) is 2.39. The van der Waals surface area contributed by atoms with Gasteiger partial charge in [0.25, 0.3) is 0 Å². The predicted octanol–water partition coefficient (Wildman–Crippen LogP) is 1.72. The number of nitrogens with one attached hydrogen (secondary N) is 1. The number of ether oxygens (including phenoxy) is 1. The van der Waals surface area contributed by atoms with E-state index in [0.717, 1.165) is 27.9 Å². The first kappa shape index (κ1) is 11.0.